The first-order valence-electron chi connectivity index (χ1n) is 8.88. The normalized spacial score (nSPS) is 10.8. The Balaban J connectivity index is 1.66. The molecule has 3 aromatic rings. The highest BCUT2D eigenvalue weighted by Gasteiger charge is 2.12. The maximum absolute atomic E-state index is 12.0. The van der Waals surface area contributed by atoms with Crippen molar-refractivity contribution in [1.29, 1.82) is 0 Å². The number of carbonyl (C=O) groups is 1. The molecule has 0 saturated heterocycles. The molecule has 0 atom stereocenters. The highest BCUT2D eigenvalue weighted by molar-refractivity contribution is 5.84. The van der Waals surface area contributed by atoms with Crippen LogP contribution >= 0.6 is 0 Å². The van der Waals surface area contributed by atoms with Gasteiger partial charge in [-0.15, -0.1) is 0 Å². The van der Waals surface area contributed by atoms with Gasteiger partial charge in [-0.2, -0.15) is 0 Å². The molecule has 0 unspecified atom stereocenters. The molecular formula is C22H22O5. The summed E-state index contributed by atoms with van der Waals surface area (Å²) in [4.78, 5) is 23.8. The second-order valence-electron chi connectivity index (χ2n) is 6.42. The third-order valence-electron chi connectivity index (χ3n) is 4.59. The molecule has 2 aromatic carbocycles. The van der Waals surface area contributed by atoms with Crippen LogP contribution in [0.2, 0.25) is 0 Å². The quantitative estimate of drug-likeness (QED) is 0.485. The van der Waals surface area contributed by atoms with E-state index in [1.165, 1.54) is 11.6 Å². The van der Waals surface area contributed by atoms with Gasteiger partial charge >= 0.3 is 11.6 Å². The lowest BCUT2D eigenvalue weighted by atomic mass is 10.0. The van der Waals surface area contributed by atoms with Crippen molar-refractivity contribution in [2.45, 2.75) is 33.8 Å². The summed E-state index contributed by atoms with van der Waals surface area (Å²) in [6, 6.07) is 12.7. The maximum atomic E-state index is 12.0. The van der Waals surface area contributed by atoms with E-state index in [2.05, 4.69) is 6.92 Å². The monoisotopic (exact) mass is 366 g/mol. The van der Waals surface area contributed by atoms with Crippen LogP contribution in [0.25, 0.3) is 11.0 Å². The van der Waals surface area contributed by atoms with Gasteiger partial charge in [-0.1, -0.05) is 31.2 Å². The zero-order valence-electron chi connectivity index (χ0n) is 15.7. The summed E-state index contributed by atoms with van der Waals surface area (Å²) in [5.41, 5.74) is 3.81. The minimum Gasteiger partial charge on any atom is -0.482 e. The molecule has 0 fully saturated rings. The second kappa shape index (κ2) is 8.08. The number of aryl methyl sites for hydroxylation is 3. The van der Waals surface area contributed by atoms with Gasteiger partial charge in [0.1, 0.15) is 17.9 Å². The highest BCUT2D eigenvalue weighted by Crippen LogP contribution is 2.23. The van der Waals surface area contributed by atoms with Gasteiger partial charge in [0.05, 0.1) is 0 Å². The van der Waals surface area contributed by atoms with Crippen LogP contribution in [0, 0.1) is 13.8 Å². The van der Waals surface area contributed by atoms with Crippen LogP contribution in [0.5, 0.6) is 5.75 Å². The smallest absolute Gasteiger partial charge is 0.344 e. The average Bonchev–Trinajstić information content (AvgIpc) is 2.68. The number of fused-ring (bicyclic) bond motifs is 1. The molecule has 0 N–H and O–H groups in total. The zero-order valence-corrected chi connectivity index (χ0v) is 15.7. The number of benzene rings is 2. The summed E-state index contributed by atoms with van der Waals surface area (Å²) in [6.45, 7) is 5.72. The van der Waals surface area contributed by atoms with E-state index in [9.17, 15) is 9.59 Å². The van der Waals surface area contributed by atoms with Crippen LogP contribution in [0.4, 0.5) is 0 Å². The molecule has 0 aliphatic rings. The third-order valence-corrected chi connectivity index (χ3v) is 4.59. The standard InChI is InChI=1S/C22H22O5/c1-4-16-6-8-18(9-7-16)25-13-21(24)26-12-17-11-20(23)27-22-15(3)14(2)5-10-19(17)22/h5-11H,4,12-13H2,1-3H3. The van der Waals surface area contributed by atoms with E-state index in [1.807, 2.05) is 50.2 Å². The molecule has 0 radical (unpaired) electrons. The lowest BCUT2D eigenvalue weighted by Gasteiger charge is -2.10. The van der Waals surface area contributed by atoms with Gasteiger partial charge in [0, 0.05) is 17.0 Å². The molecule has 3 rings (SSSR count). The van der Waals surface area contributed by atoms with Gasteiger partial charge in [0.15, 0.2) is 6.61 Å². The largest absolute Gasteiger partial charge is 0.482 e. The molecule has 140 valence electrons. The van der Waals surface area contributed by atoms with Crippen molar-refractivity contribution in [3.05, 3.63) is 75.1 Å². The van der Waals surface area contributed by atoms with Gasteiger partial charge in [0.2, 0.25) is 0 Å². The van der Waals surface area contributed by atoms with Crippen LogP contribution in [0.1, 0.15) is 29.2 Å². The van der Waals surface area contributed by atoms with Crippen molar-refractivity contribution in [2.75, 3.05) is 6.61 Å². The number of esters is 1. The Kier molecular flexibility index (Phi) is 5.60. The topological polar surface area (TPSA) is 65.7 Å². The SMILES string of the molecule is CCc1ccc(OCC(=O)OCc2cc(=O)oc3c(C)c(C)ccc23)cc1. The fraction of sp³-hybridized carbons (Fsp3) is 0.273. The van der Waals surface area contributed by atoms with Crippen LogP contribution in [-0.2, 0) is 22.6 Å². The minimum atomic E-state index is -0.500. The van der Waals surface area contributed by atoms with Crippen molar-refractivity contribution in [2.24, 2.45) is 0 Å². The lowest BCUT2D eigenvalue weighted by molar-refractivity contribution is -0.147. The second-order valence-corrected chi connectivity index (χ2v) is 6.42. The molecule has 0 spiro atoms. The zero-order chi connectivity index (χ0) is 19.4. The first-order chi connectivity index (χ1) is 13.0. The fourth-order valence-corrected chi connectivity index (χ4v) is 2.81. The molecule has 0 saturated carbocycles. The van der Waals surface area contributed by atoms with Crippen molar-refractivity contribution < 1.29 is 18.7 Å². The summed E-state index contributed by atoms with van der Waals surface area (Å²) in [7, 11) is 0. The van der Waals surface area contributed by atoms with E-state index in [4.69, 9.17) is 13.9 Å². The summed E-state index contributed by atoms with van der Waals surface area (Å²) < 4.78 is 16.1. The molecular weight excluding hydrogens is 344 g/mol. The molecule has 5 heteroatoms. The number of hydrogen-bond acceptors (Lipinski definition) is 5. The summed E-state index contributed by atoms with van der Waals surface area (Å²) in [5.74, 6) is 0.112. The summed E-state index contributed by atoms with van der Waals surface area (Å²) in [6.07, 6.45) is 0.945. The van der Waals surface area contributed by atoms with Crippen LogP contribution in [0.15, 0.2) is 51.7 Å². The van der Waals surface area contributed by atoms with Crippen molar-refractivity contribution in [3.8, 4) is 5.75 Å². The third kappa shape index (κ3) is 4.37. The number of ether oxygens (including phenoxy) is 2. The van der Waals surface area contributed by atoms with E-state index in [0.29, 0.717) is 16.9 Å². The average molecular weight is 366 g/mol. The molecule has 27 heavy (non-hydrogen) atoms. The number of carbonyl (C=O) groups excluding carboxylic acids is 1. The lowest BCUT2D eigenvalue weighted by Crippen LogP contribution is -2.15. The predicted octanol–water partition coefficient (Wildman–Crippen LogP) is 4.09. The molecule has 0 bridgehead atoms. The van der Waals surface area contributed by atoms with E-state index in [-0.39, 0.29) is 13.2 Å². The van der Waals surface area contributed by atoms with Crippen molar-refractivity contribution >= 4 is 16.9 Å². The van der Waals surface area contributed by atoms with Crippen LogP contribution < -0.4 is 10.4 Å². The van der Waals surface area contributed by atoms with E-state index < -0.39 is 11.6 Å². The first kappa shape index (κ1) is 18.7. The first-order valence-corrected chi connectivity index (χ1v) is 8.88. The molecule has 1 heterocycles. The molecule has 5 nitrogen and oxygen atoms in total. The van der Waals surface area contributed by atoms with Gasteiger partial charge in [-0.25, -0.2) is 9.59 Å². The maximum Gasteiger partial charge on any atom is 0.344 e. The molecule has 0 aliphatic carbocycles. The minimum absolute atomic E-state index is 0.0123. The van der Waals surface area contributed by atoms with Crippen LogP contribution in [0.3, 0.4) is 0 Å². The summed E-state index contributed by atoms with van der Waals surface area (Å²) >= 11 is 0. The Morgan fingerprint density at radius 2 is 1.81 bits per heavy atom. The van der Waals surface area contributed by atoms with Crippen molar-refractivity contribution in [1.82, 2.24) is 0 Å². The van der Waals surface area contributed by atoms with Gasteiger partial charge in [-0.3, -0.25) is 0 Å². The summed E-state index contributed by atoms with van der Waals surface area (Å²) in [5, 5.41) is 0.765. The predicted molar refractivity (Wildman–Crippen MR) is 103 cm³/mol. The van der Waals surface area contributed by atoms with Gasteiger partial charge in [-0.05, 0) is 49.1 Å². The Labute approximate surface area is 157 Å². The highest BCUT2D eigenvalue weighted by atomic mass is 16.6. The Bertz CT molecular complexity index is 1020. The molecule has 0 aliphatic heterocycles. The Hall–Kier alpha value is -3.08. The van der Waals surface area contributed by atoms with Gasteiger partial charge in [0.25, 0.3) is 0 Å². The molecule has 1 aromatic heterocycles. The number of hydrogen-bond donors (Lipinski definition) is 0. The van der Waals surface area contributed by atoms with E-state index >= 15 is 0 Å². The molecule has 0 amide bonds. The fourth-order valence-electron chi connectivity index (χ4n) is 2.81. The van der Waals surface area contributed by atoms with Gasteiger partial charge < -0.3 is 13.9 Å². The van der Waals surface area contributed by atoms with E-state index in [0.717, 1.165) is 22.9 Å². The van der Waals surface area contributed by atoms with Crippen LogP contribution in [-0.4, -0.2) is 12.6 Å². The van der Waals surface area contributed by atoms with E-state index in [1.54, 1.807) is 0 Å². The van der Waals surface area contributed by atoms with Crippen molar-refractivity contribution in [3.63, 3.8) is 0 Å². The Morgan fingerprint density at radius 1 is 1.07 bits per heavy atom. The number of rotatable bonds is 6. The Morgan fingerprint density at radius 3 is 2.52 bits per heavy atom.